The molecular formula is C24H38N4OS. The van der Waals surface area contributed by atoms with Crippen LogP contribution in [0, 0.1) is 0 Å². The second kappa shape index (κ2) is 16.6. The summed E-state index contributed by atoms with van der Waals surface area (Å²) in [5, 5.41) is 9.51. The smallest absolute Gasteiger partial charge is 0.220 e. The number of rotatable bonds is 15. The Morgan fingerprint density at radius 1 is 1.07 bits per heavy atom. The first-order valence-electron chi connectivity index (χ1n) is 10.7. The van der Waals surface area contributed by atoms with Gasteiger partial charge in [0.15, 0.2) is 0 Å². The summed E-state index contributed by atoms with van der Waals surface area (Å²) in [6.45, 7) is 5.50. The summed E-state index contributed by atoms with van der Waals surface area (Å²) in [6.07, 6.45) is 12.7. The fraction of sp³-hybridized carbons (Fsp3) is 0.458. The molecule has 0 radical (unpaired) electrons. The molecule has 0 unspecified atom stereocenters. The highest BCUT2D eigenvalue weighted by atomic mass is 32.1. The van der Waals surface area contributed by atoms with Gasteiger partial charge in [0, 0.05) is 37.5 Å². The summed E-state index contributed by atoms with van der Waals surface area (Å²) < 4.78 is 0. The van der Waals surface area contributed by atoms with E-state index in [9.17, 15) is 4.79 Å². The summed E-state index contributed by atoms with van der Waals surface area (Å²) in [5.74, 6) is 0.756. The summed E-state index contributed by atoms with van der Waals surface area (Å²) in [6, 6.07) is 8.49. The third-order valence-electron chi connectivity index (χ3n) is 4.38. The molecular weight excluding hydrogens is 392 g/mol. The number of thiol groups is 1. The number of nitrogens with zero attached hydrogens (tertiary/aromatic N) is 1. The number of anilines is 1. The average molecular weight is 431 g/mol. The Morgan fingerprint density at radius 3 is 2.50 bits per heavy atom. The first-order chi connectivity index (χ1) is 14.5. The Hall–Kier alpha value is -2.18. The van der Waals surface area contributed by atoms with Gasteiger partial charge in [0.2, 0.25) is 5.91 Å². The maximum absolute atomic E-state index is 11.5. The molecule has 0 aliphatic rings. The fourth-order valence-corrected chi connectivity index (χ4v) is 2.77. The Morgan fingerprint density at radius 2 is 1.83 bits per heavy atom. The van der Waals surface area contributed by atoms with Crippen molar-refractivity contribution in [2.24, 2.45) is 0 Å². The van der Waals surface area contributed by atoms with Crippen LogP contribution < -0.4 is 16.0 Å². The zero-order valence-corrected chi connectivity index (χ0v) is 19.6. The van der Waals surface area contributed by atoms with E-state index in [4.69, 9.17) is 0 Å². The van der Waals surface area contributed by atoms with E-state index in [1.165, 1.54) is 5.56 Å². The van der Waals surface area contributed by atoms with E-state index in [1.54, 1.807) is 0 Å². The van der Waals surface area contributed by atoms with Gasteiger partial charge in [-0.2, -0.15) is 12.6 Å². The van der Waals surface area contributed by atoms with Crippen molar-refractivity contribution in [3.8, 4) is 0 Å². The molecule has 0 saturated heterocycles. The summed E-state index contributed by atoms with van der Waals surface area (Å²) in [7, 11) is 4.19. The van der Waals surface area contributed by atoms with Gasteiger partial charge in [-0.05, 0) is 76.0 Å². The lowest BCUT2D eigenvalue weighted by Crippen LogP contribution is -2.25. The van der Waals surface area contributed by atoms with Crippen molar-refractivity contribution in [3.63, 3.8) is 0 Å². The van der Waals surface area contributed by atoms with E-state index in [0.717, 1.165) is 43.7 Å². The number of hydrogen-bond donors (Lipinski definition) is 4. The molecule has 0 aliphatic heterocycles. The van der Waals surface area contributed by atoms with Gasteiger partial charge in [-0.25, -0.2) is 0 Å². The lowest BCUT2D eigenvalue weighted by atomic mass is 10.1. The molecule has 5 nitrogen and oxygen atoms in total. The zero-order chi connectivity index (χ0) is 22.0. The number of nitrogens with one attached hydrogen (secondary N) is 3. The third kappa shape index (κ3) is 13.1. The second-order valence-corrected chi connectivity index (χ2v) is 7.74. The van der Waals surface area contributed by atoms with Crippen LogP contribution in [0.3, 0.4) is 0 Å². The number of allylic oxidation sites excluding steroid dienone is 4. The van der Waals surface area contributed by atoms with E-state index < -0.39 is 0 Å². The Kier molecular flexibility index (Phi) is 14.3. The van der Waals surface area contributed by atoms with Crippen molar-refractivity contribution in [1.82, 2.24) is 15.5 Å². The number of hydrogen-bond acceptors (Lipinski definition) is 5. The van der Waals surface area contributed by atoms with Crippen LogP contribution in [0.25, 0.3) is 6.08 Å². The van der Waals surface area contributed by atoms with Gasteiger partial charge in [-0.3, -0.25) is 4.79 Å². The van der Waals surface area contributed by atoms with Crippen molar-refractivity contribution in [2.75, 3.05) is 51.3 Å². The van der Waals surface area contributed by atoms with Crippen LogP contribution in [0.5, 0.6) is 0 Å². The Labute approximate surface area is 188 Å². The Bertz CT molecular complexity index is 681. The highest BCUT2D eigenvalue weighted by Gasteiger charge is 1.98. The first kappa shape index (κ1) is 25.9. The molecule has 0 aromatic heterocycles. The van der Waals surface area contributed by atoms with Gasteiger partial charge < -0.3 is 20.9 Å². The fourth-order valence-electron chi connectivity index (χ4n) is 2.65. The topological polar surface area (TPSA) is 56.4 Å². The maximum atomic E-state index is 11.5. The molecule has 166 valence electrons. The molecule has 3 N–H and O–H groups in total. The van der Waals surface area contributed by atoms with Gasteiger partial charge >= 0.3 is 0 Å². The summed E-state index contributed by atoms with van der Waals surface area (Å²) in [5.41, 5.74) is 3.45. The number of carbonyl (C=O) groups is 1. The first-order valence-corrected chi connectivity index (χ1v) is 11.3. The molecule has 1 rings (SSSR count). The molecule has 1 aromatic rings. The van der Waals surface area contributed by atoms with Crippen molar-refractivity contribution in [3.05, 3.63) is 59.8 Å². The van der Waals surface area contributed by atoms with Gasteiger partial charge in [0.05, 0.1) is 0 Å². The van der Waals surface area contributed by atoms with Crippen LogP contribution in [-0.4, -0.2) is 56.8 Å². The highest BCUT2D eigenvalue weighted by molar-refractivity contribution is 7.80. The molecule has 1 amide bonds. The van der Waals surface area contributed by atoms with Gasteiger partial charge in [0.25, 0.3) is 0 Å². The number of benzene rings is 1. The van der Waals surface area contributed by atoms with Crippen LogP contribution in [-0.2, 0) is 4.79 Å². The normalized spacial score (nSPS) is 12.1. The monoisotopic (exact) mass is 430 g/mol. The predicted molar refractivity (Wildman–Crippen MR) is 134 cm³/mol. The van der Waals surface area contributed by atoms with Crippen LogP contribution in [0.4, 0.5) is 5.69 Å². The van der Waals surface area contributed by atoms with Crippen LogP contribution in [0.15, 0.2) is 54.3 Å². The maximum Gasteiger partial charge on any atom is 0.220 e. The van der Waals surface area contributed by atoms with Gasteiger partial charge in [0.1, 0.15) is 0 Å². The summed E-state index contributed by atoms with van der Waals surface area (Å²) >= 11 is 4.08. The molecule has 0 aliphatic carbocycles. The highest BCUT2D eigenvalue weighted by Crippen LogP contribution is 2.12. The molecule has 0 fully saturated rings. The van der Waals surface area contributed by atoms with Gasteiger partial charge in [-0.15, -0.1) is 0 Å². The average Bonchev–Trinajstić information content (AvgIpc) is 2.75. The molecule has 6 heteroatoms. The zero-order valence-electron chi connectivity index (χ0n) is 18.7. The van der Waals surface area contributed by atoms with E-state index in [-0.39, 0.29) is 5.91 Å². The number of amides is 1. The van der Waals surface area contributed by atoms with Crippen LogP contribution in [0.1, 0.15) is 31.7 Å². The second-order valence-electron chi connectivity index (χ2n) is 7.29. The molecule has 0 heterocycles. The number of carbonyl (C=O) groups excluding carboxylic acids is 1. The largest absolute Gasteiger partial charge is 0.391 e. The lowest BCUT2D eigenvalue weighted by Gasteiger charge is -2.10. The quantitative estimate of drug-likeness (QED) is 0.193. The lowest BCUT2D eigenvalue weighted by molar-refractivity contribution is -0.121. The van der Waals surface area contributed by atoms with Crippen LogP contribution >= 0.6 is 12.6 Å². The van der Waals surface area contributed by atoms with E-state index >= 15 is 0 Å². The minimum Gasteiger partial charge on any atom is -0.391 e. The Balaban J connectivity index is 2.32. The summed E-state index contributed by atoms with van der Waals surface area (Å²) in [4.78, 5) is 13.7. The molecule has 0 spiro atoms. The van der Waals surface area contributed by atoms with Crippen molar-refractivity contribution in [1.29, 1.82) is 0 Å². The molecule has 1 aromatic carbocycles. The van der Waals surface area contributed by atoms with E-state index in [2.05, 4.69) is 90.1 Å². The molecule has 0 saturated carbocycles. The van der Waals surface area contributed by atoms with Crippen molar-refractivity contribution < 1.29 is 4.79 Å². The third-order valence-corrected chi connectivity index (χ3v) is 4.60. The molecule has 0 atom stereocenters. The van der Waals surface area contributed by atoms with Crippen molar-refractivity contribution >= 4 is 30.3 Å². The SMILES string of the molecule is C/C=C(\C=C/NCCCC(=O)NCCS)/C=C/c1ccc(NCCCN(C)C)cc1. The van der Waals surface area contributed by atoms with E-state index in [1.807, 2.05) is 19.2 Å². The predicted octanol–water partition coefficient (Wildman–Crippen LogP) is 3.94. The minimum atomic E-state index is 0.0849. The molecule has 0 bridgehead atoms. The molecule has 30 heavy (non-hydrogen) atoms. The van der Waals surface area contributed by atoms with Gasteiger partial charge in [-0.1, -0.05) is 30.4 Å². The standard InChI is InChI=1S/C24H38N4OS/c1-4-21(14-17-25-15-5-7-24(29)27-18-20-30)8-9-22-10-12-23(13-11-22)26-16-6-19-28(2)3/h4,8-14,17,25-26,30H,5-7,15-16,18-20H2,1-3H3,(H,27,29)/b9-8+,17-14-,21-4-. The van der Waals surface area contributed by atoms with Crippen LogP contribution in [0.2, 0.25) is 0 Å². The minimum absolute atomic E-state index is 0.0849. The van der Waals surface area contributed by atoms with Crippen molar-refractivity contribution in [2.45, 2.75) is 26.2 Å². The van der Waals surface area contributed by atoms with E-state index in [0.29, 0.717) is 18.7 Å².